The van der Waals surface area contributed by atoms with Gasteiger partial charge in [0.15, 0.2) is 17.5 Å². The third-order valence-electron chi connectivity index (χ3n) is 1.30. The summed E-state index contributed by atoms with van der Waals surface area (Å²) in [5.41, 5.74) is 4.75. The second kappa shape index (κ2) is 3.10. The van der Waals surface area contributed by atoms with Crippen LogP contribution in [0.5, 0.6) is 0 Å². The molecule has 1 rings (SSSR count). The Bertz CT molecular complexity index is 338. The molecular weight excluding hydrogens is 187 g/mol. The molecule has 0 spiro atoms. The van der Waals surface area contributed by atoms with Gasteiger partial charge < -0.3 is 5.73 Å². The lowest BCUT2D eigenvalue weighted by Gasteiger charge is -2.01. The fourth-order valence-corrected chi connectivity index (χ4v) is 0.874. The van der Waals surface area contributed by atoms with Crippen LogP contribution in [0.3, 0.4) is 0 Å². The minimum atomic E-state index is -1.56. The molecular formula is C7H4F3NS. The molecule has 0 amide bonds. The summed E-state index contributed by atoms with van der Waals surface area (Å²) in [6.07, 6.45) is 0. The van der Waals surface area contributed by atoms with Gasteiger partial charge in [-0.25, -0.2) is 13.2 Å². The highest BCUT2D eigenvalue weighted by Gasteiger charge is 2.14. The van der Waals surface area contributed by atoms with Crippen LogP contribution in [0, 0.1) is 17.5 Å². The zero-order valence-electron chi connectivity index (χ0n) is 5.77. The number of benzene rings is 1. The molecule has 1 aromatic rings. The van der Waals surface area contributed by atoms with E-state index in [0.29, 0.717) is 0 Å². The molecule has 0 radical (unpaired) electrons. The first-order valence-corrected chi connectivity index (χ1v) is 3.38. The van der Waals surface area contributed by atoms with Crippen molar-refractivity contribution in [2.75, 3.05) is 0 Å². The molecule has 1 aromatic carbocycles. The number of halogens is 3. The lowest BCUT2D eigenvalue weighted by atomic mass is 10.2. The monoisotopic (exact) mass is 191 g/mol. The Morgan fingerprint density at radius 2 is 1.75 bits per heavy atom. The Hall–Kier alpha value is -1.10. The van der Waals surface area contributed by atoms with E-state index >= 15 is 0 Å². The summed E-state index contributed by atoms with van der Waals surface area (Å²) >= 11 is 4.40. The van der Waals surface area contributed by atoms with Crippen LogP contribution >= 0.6 is 12.2 Å². The molecule has 0 aliphatic heterocycles. The lowest BCUT2D eigenvalue weighted by molar-refractivity contribution is 0.446. The Labute approximate surface area is 72.0 Å². The number of hydrogen-bond donors (Lipinski definition) is 1. The van der Waals surface area contributed by atoms with Gasteiger partial charge in [0.25, 0.3) is 0 Å². The Morgan fingerprint density at radius 3 is 2.25 bits per heavy atom. The summed E-state index contributed by atoms with van der Waals surface area (Å²) in [5, 5.41) is 0. The second-order valence-corrected chi connectivity index (χ2v) is 2.53. The quantitative estimate of drug-likeness (QED) is 0.540. The zero-order valence-corrected chi connectivity index (χ0v) is 6.59. The summed E-state index contributed by atoms with van der Waals surface area (Å²) in [5.74, 6) is -4.16. The minimum absolute atomic E-state index is 0.288. The van der Waals surface area contributed by atoms with Crippen molar-refractivity contribution in [3.63, 3.8) is 0 Å². The van der Waals surface area contributed by atoms with Gasteiger partial charge in [0.1, 0.15) is 4.99 Å². The fraction of sp³-hybridized carbons (Fsp3) is 0. The van der Waals surface area contributed by atoms with Gasteiger partial charge in [0.2, 0.25) is 0 Å². The Morgan fingerprint density at radius 1 is 1.17 bits per heavy atom. The zero-order chi connectivity index (χ0) is 9.30. The maximum Gasteiger partial charge on any atom is 0.195 e. The molecule has 1 nitrogen and oxygen atoms in total. The topological polar surface area (TPSA) is 26.0 Å². The van der Waals surface area contributed by atoms with Crippen LogP contribution in [-0.4, -0.2) is 4.99 Å². The molecule has 5 heteroatoms. The van der Waals surface area contributed by atoms with E-state index in [-0.39, 0.29) is 10.6 Å². The van der Waals surface area contributed by atoms with Crippen LogP contribution in [0.1, 0.15) is 5.56 Å². The van der Waals surface area contributed by atoms with Crippen molar-refractivity contribution in [1.82, 2.24) is 0 Å². The number of thiocarbonyl (C=S) groups is 1. The average molecular weight is 191 g/mol. The highest BCUT2D eigenvalue weighted by atomic mass is 32.1. The molecule has 0 heterocycles. The summed E-state index contributed by atoms with van der Waals surface area (Å²) in [6.45, 7) is 0. The maximum absolute atomic E-state index is 12.7. The van der Waals surface area contributed by atoms with E-state index in [1.807, 2.05) is 0 Å². The van der Waals surface area contributed by atoms with Gasteiger partial charge in [-0.3, -0.25) is 0 Å². The molecule has 0 aromatic heterocycles. The van der Waals surface area contributed by atoms with Crippen LogP contribution in [-0.2, 0) is 0 Å². The molecule has 64 valence electrons. The Balaban J connectivity index is 3.36. The Kier molecular flexibility index (Phi) is 2.32. The normalized spacial score (nSPS) is 9.92. The van der Waals surface area contributed by atoms with Gasteiger partial charge in [-0.2, -0.15) is 0 Å². The van der Waals surface area contributed by atoms with E-state index in [0.717, 1.165) is 12.1 Å². The smallest absolute Gasteiger partial charge is 0.195 e. The standard InChI is InChI=1S/C7H4F3NS/c8-4-2-1-3(7(11)12)5(9)6(4)10/h1-2H,(H2,11,12). The second-order valence-electron chi connectivity index (χ2n) is 2.09. The van der Waals surface area contributed by atoms with Crippen molar-refractivity contribution in [3.05, 3.63) is 35.1 Å². The average Bonchev–Trinajstić information content (AvgIpc) is 2.00. The third-order valence-corrected chi connectivity index (χ3v) is 1.52. The van der Waals surface area contributed by atoms with E-state index in [4.69, 9.17) is 5.73 Å². The van der Waals surface area contributed by atoms with E-state index < -0.39 is 17.5 Å². The van der Waals surface area contributed by atoms with Gasteiger partial charge in [0.05, 0.1) is 0 Å². The van der Waals surface area contributed by atoms with Crippen LogP contribution in [0.2, 0.25) is 0 Å². The van der Waals surface area contributed by atoms with Gasteiger partial charge in [-0.05, 0) is 12.1 Å². The first-order chi connectivity index (χ1) is 5.54. The van der Waals surface area contributed by atoms with Gasteiger partial charge in [-0.15, -0.1) is 0 Å². The molecule has 0 atom stereocenters. The van der Waals surface area contributed by atoms with E-state index in [1.165, 1.54) is 0 Å². The van der Waals surface area contributed by atoms with Crippen LogP contribution in [0.4, 0.5) is 13.2 Å². The first kappa shape index (κ1) is 8.99. The van der Waals surface area contributed by atoms with Gasteiger partial charge in [-0.1, -0.05) is 12.2 Å². The summed E-state index contributed by atoms with van der Waals surface area (Å²) in [7, 11) is 0. The fourth-order valence-electron chi connectivity index (χ4n) is 0.716. The minimum Gasteiger partial charge on any atom is -0.389 e. The lowest BCUT2D eigenvalue weighted by Crippen LogP contribution is -2.13. The van der Waals surface area contributed by atoms with Crippen LogP contribution in [0.15, 0.2) is 12.1 Å². The summed E-state index contributed by atoms with van der Waals surface area (Å²) in [4.78, 5) is -0.300. The predicted molar refractivity (Wildman–Crippen MR) is 42.2 cm³/mol. The molecule has 2 N–H and O–H groups in total. The molecule has 0 bridgehead atoms. The van der Waals surface area contributed by atoms with E-state index in [2.05, 4.69) is 12.2 Å². The van der Waals surface area contributed by atoms with Crippen molar-refractivity contribution >= 4 is 17.2 Å². The van der Waals surface area contributed by atoms with Crippen LogP contribution in [0.25, 0.3) is 0 Å². The first-order valence-electron chi connectivity index (χ1n) is 2.97. The van der Waals surface area contributed by atoms with Crippen molar-refractivity contribution in [2.45, 2.75) is 0 Å². The highest BCUT2D eigenvalue weighted by molar-refractivity contribution is 7.80. The van der Waals surface area contributed by atoms with Crippen molar-refractivity contribution in [2.24, 2.45) is 5.73 Å². The molecule has 0 unspecified atom stereocenters. The predicted octanol–water partition coefficient (Wildman–Crippen LogP) is 1.74. The molecule has 0 fully saturated rings. The summed E-state index contributed by atoms with van der Waals surface area (Å²) in [6, 6.07) is 1.77. The van der Waals surface area contributed by atoms with Crippen molar-refractivity contribution < 1.29 is 13.2 Å². The van der Waals surface area contributed by atoms with E-state index in [1.54, 1.807) is 0 Å². The van der Waals surface area contributed by atoms with Gasteiger partial charge in [0, 0.05) is 5.56 Å². The largest absolute Gasteiger partial charge is 0.389 e. The number of hydrogen-bond acceptors (Lipinski definition) is 1. The molecule has 12 heavy (non-hydrogen) atoms. The molecule has 0 saturated heterocycles. The molecule has 0 aliphatic rings. The molecule has 0 saturated carbocycles. The van der Waals surface area contributed by atoms with Crippen molar-refractivity contribution in [1.29, 1.82) is 0 Å². The number of rotatable bonds is 1. The van der Waals surface area contributed by atoms with Gasteiger partial charge >= 0.3 is 0 Å². The number of nitrogens with two attached hydrogens (primary N) is 1. The highest BCUT2D eigenvalue weighted by Crippen LogP contribution is 2.14. The summed E-state index contributed by atoms with van der Waals surface area (Å²) < 4.78 is 37.5. The SMILES string of the molecule is NC(=S)c1ccc(F)c(F)c1F. The molecule has 0 aliphatic carbocycles. The van der Waals surface area contributed by atoms with Crippen molar-refractivity contribution in [3.8, 4) is 0 Å². The maximum atomic E-state index is 12.7. The van der Waals surface area contributed by atoms with E-state index in [9.17, 15) is 13.2 Å². The third kappa shape index (κ3) is 1.40. The van der Waals surface area contributed by atoms with Crippen LogP contribution < -0.4 is 5.73 Å².